The number of unbranched alkanes of at least 4 members (excludes halogenated alkanes) is 8. The van der Waals surface area contributed by atoms with Gasteiger partial charge in [-0.25, -0.2) is 0 Å². The number of benzene rings is 6. The average Bonchev–Trinajstić information content (AvgIpc) is 3.32. The number of aryl methyl sites for hydroxylation is 5. The van der Waals surface area contributed by atoms with Crippen molar-refractivity contribution in [2.24, 2.45) is 0 Å². The first kappa shape index (κ1) is 48.8. The maximum absolute atomic E-state index is 11.1. The molecule has 0 fully saturated rings. The summed E-state index contributed by atoms with van der Waals surface area (Å²) in [5, 5.41) is 0. The second-order valence-corrected chi connectivity index (χ2v) is 17.2. The molecule has 0 atom stereocenters. The van der Waals surface area contributed by atoms with E-state index in [2.05, 4.69) is 154 Å². The third-order valence-corrected chi connectivity index (χ3v) is 11.2. The molecule has 0 saturated carbocycles. The number of hydrogen-bond acceptors (Lipinski definition) is 3. The zero-order chi connectivity index (χ0) is 47.2. The van der Waals surface area contributed by atoms with Crippen LogP contribution in [0.2, 0.25) is 0 Å². The highest BCUT2D eigenvalue weighted by molar-refractivity contribution is 5.78. The van der Waals surface area contributed by atoms with Crippen molar-refractivity contribution in [1.29, 1.82) is 0 Å². The fourth-order valence-electron chi connectivity index (χ4n) is 7.17. The van der Waals surface area contributed by atoms with Crippen LogP contribution in [0, 0.1) is 93.8 Å². The van der Waals surface area contributed by atoms with E-state index in [4.69, 9.17) is 9.47 Å². The number of rotatable bonds is 13. The SMILES string of the molecule is CC(=O)OCCCCCCCCCCCOc1c(C#Cc2ccc(C)cc2)c(C#Cc2ccc(C)cc2)c(C#Cc2ccc(C)cc2)c(C#Cc2ccc(C)cc2)c1C#Cc1ccc(C)cc1. The molecule has 0 saturated heterocycles. The van der Waals surface area contributed by atoms with Crippen LogP contribution in [0.1, 0.15) is 148 Å². The lowest BCUT2D eigenvalue weighted by atomic mass is 9.89. The first-order valence-electron chi connectivity index (χ1n) is 23.5. The number of carbonyl (C=O) groups excluding carboxylic acids is 1. The molecule has 3 nitrogen and oxygen atoms in total. The zero-order valence-electron chi connectivity index (χ0n) is 40.0. The Kier molecular flexibility index (Phi) is 18.8. The van der Waals surface area contributed by atoms with Crippen molar-refractivity contribution in [2.75, 3.05) is 13.2 Å². The Morgan fingerprint density at radius 1 is 0.328 bits per heavy atom. The summed E-state index contributed by atoms with van der Waals surface area (Å²) in [5.41, 5.74) is 13.4. The van der Waals surface area contributed by atoms with Crippen LogP contribution in [-0.2, 0) is 9.53 Å². The van der Waals surface area contributed by atoms with Gasteiger partial charge in [0.1, 0.15) is 0 Å². The number of esters is 1. The summed E-state index contributed by atoms with van der Waals surface area (Å²) in [5.74, 6) is 35.6. The lowest BCUT2D eigenvalue weighted by Crippen LogP contribution is -2.08. The molecule has 0 aliphatic heterocycles. The molecule has 0 spiro atoms. The Bertz CT molecular complexity index is 2780. The fraction of sp³-hybridized carbons (Fsp3) is 0.266. The van der Waals surface area contributed by atoms with Gasteiger partial charge < -0.3 is 9.47 Å². The third kappa shape index (κ3) is 16.1. The van der Waals surface area contributed by atoms with Gasteiger partial charge in [-0.2, -0.15) is 0 Å². The van der Waals surface area contributed by atoms with Crippen molar-refractivity contribution >= 4 is 5.97 Å². The predicted octanol–water partition coefficient (Wildman–Crippen LogP) is 13.7. The zero-order valence-corrected chi connectivity index (χ0v) is 40.0. The van der Waals surface area contributed by atoms with Gasteiger partial charge >= 0.3 is 5.97 Å². The highest BCUT2D eigenvalue weighted by Gasteiger charge is 2.22. The van der Waals surface area contributed by atoms with Crippen molar-refractivity contribution in [2.45, 2.75) is 99.3 Å². The molecule has 334 valence electrons. The maximum atomic E-state index is 11.1. The Hall–Kier alpha value is -7.61. The smallest absolute Gasteiger partial charge is 0.302 e. The van der Waals surface area contributed by atoms with E-state index in [9.17, 15) is 4.79 Å². The highest BCUT2D eigenvalue weighted by atomic mass is 16.5. The van der Waals surface area contributed by atoms with Gasteiger partial charge in [-0.3, -0.25) is 4.79 Å². The van der Waals surface area contributed by atoms with Gasteiger partial charge in [0.15, 0.2) is 5.75 Å². The van der Waals surface area contributed by atoms with Crippen LogP contribution in [0.4, 0.5) is 0 Å². The lowest BCUT2D eigenvalue weighted by Gasteiger charge is -2.17. The molecule has 6 aromatic rings. The van der Waals surface area contributed by atoms with E-state index in [0.717, 1.165) is 101 Å². The van der Waals surface area contributed by atoms with Crippen LogP contribution in [0.5, 0.6) is 5.75 Å². The summed E-state index contributed by atoms with van der Waals surface area (Å²) >= 11 is 0. The summed E-state index contributed by atoms with van der Waals surface area (Å²) in [6.45, 7) is 12.8. The van der Waals surface area contributed by atoms with Crippen molar-refractivity contribution in [1.82, 2.24) is 0 Å². The average molecular weight is 877 g/mol. The van der Waals surface area contributed by atoms with E-state index in [0.29, 0.717) is 46.8 Å². The molecule has 0 aliphatic rings. The Morgan fingerprint density at radius 3 is 0.851 bits per heavy atom. The summed E-state index contributed by atoms with van der Waals surface area (Å²) in [4.78, 5) is 11.1. The molecule has 6 rings (SSSR count). The van der Waals surface area contributed by atoms with E-state index < -0.39 is 0 Å². The van der Waals surface area contributed by atoms with Gasteiger partial charge in [-0.15, -0.1) is 0 Å². The van der Waals surface area contributed by atoms with Crippen molar-refractivity contribution in [3.05, 3.63) is 205 Å². The highest BCUT2D eigenvalue weighted by Crippen LogP contribution is 2.34. The van der Waals surface area contributed by atoms with Crippen molar-refractivity contribution < 1.29 is 14.3 Å². The Morgan fingerprint density at radius 2 is 0.567 bits per heavy atom. The second kappa shape index (κ2) is 25.8. The summed E-state index contributed by atoms with van der Waals surface area (Å²) < 4.78 is 12.1. The van der Waals surface area contributed by atoms with Crippen LogP contribution in [0.25, 0.3) is 0 Å². The standard InChI is InChI=1S/C64H60O3/c1-48-16-26-54(27-17-48)36-41-59-60(42-37-55-28-18-49(2)19-29-55)62(44-39-57-32-22-51(4)23-33-57)64(67-47-15-13-11-9-7-8-10-12-14-46-66-53(6)65)63(45-40-58-34-24-52(5)25-35-58)61(59)43-38-56-30-20-50(3)21-31-56/h16-35H,7-15,46-47H2,1-6H3. The van der Waals surface area contributed by atoms with Crippen LogP contribution in [0.15, 0.2) is 121 Å². The quantitative estimate of drug-likeness (QED) is 0.0659. The van der Waals surface area contributed by atoms with E-state index in [1.807, 2.05) is 60.7 Å². The van der Waals surface area contributed by atoms with E-state index in [-0.39, 0.29) is 5.97 Å². The van der Waals surface area contributed by atoms with Crippen molar-refractivity contribution in [3.8, 4) is 65.0 Å². The molecule has 0 N–H and O–H groups in total. The molecular formula is C64H60O3. The number of carbonyl (C=O) groups is 1. The Labute approximate surface area is 400 Å². The molecule has 0 amide bonds. The lowest BCUT2D eigenvalue weighted by molar-refractivity contribution is -0.141. The van der Waals surface area contributed by atoms with Gasteiger partial charge in [0, 0.05) is 34.7 Å². The minimum absolute atomic E-state index is 0.207. The molecule has 0 bridgehead atoms. The normalized spacial score (nSPS) is 10.1. The number of hydrogen-bond donors (Lipinski definition) is 0. The first-order valence-corrected chi connectivity index (χ1v) is 23.5. The van der Waals surface area contributed by atoms with Crippen LogP contribution >= 0.6 is 0 Å². The molecule has 67 heavy (non-hydrogen) atoms. The molecule has 0 aliphatic carbocycles. The summed E-state index contributed by atoms with van der Waals surface area (Å²) in [6.07, 6.45) is 9.69. The van der Waals surface area contributed by atoms with Gasteiger partial charge in [-0.05, 0) is 108 Å². The van der Waals surface area contributed by atoms with Crippen LogP contribution in [0.3, 0.4) is 0 Å². The van der Waals surface area contributed by atoms with E-state index in [1.165, 1.54) is 19.8 Å². The topological polar surface area (TPSA) is 35.5 Å². The Balaban J connectivity index is 1.52. The van der Waals surface area contributed by atoms with E-state index in [1.54, 1.807) is 0 Å². The largest absolute Gasteiger partial charge is 0.491 e. The van der Waals surface area contributed by atoms with Gasteiger partial charge in [0.2, 0.25) is 0 Å². The molecular weight excluding hydrogens is 817 g/mol. The predicted molar refractivity (Wildman–Crippen MR) is 276 cm³/mol. The minimum Gasteiger partial charge on any atom is -0.491 e. The minimum atomic E-state index is -0.207. The van der Waals surface area contributed by atoms with E-state index >= 15 is 0 Å². The van der Waals surface area contributed by atoms with Crippen LogP contribution < -0.4 is 4.74 Å². The number of ether oxygens (including phenoxy) is 2. The second-order valence-electron chi connectivity index (χ2n) is 17.2. The summed E-state index contributed by atoms with van der Waals surface area (Å²) in [7, 11) is 0. The fourth-order valence-corrected chi connectivity index (χ4v) is 7.17. The molecule has 0 radical (unpaired) electrons. The molecule has 3 heteroatoms. The molecule has 6 aromatic carbocycles. The van der Waals surface area contributed by atoms with Crippen molar-refractivity contribution in [3.63, 3.8) is 0 Å². The monoisotopic (exact) mass is 876 g/mol. The third-order valence-electron chi connectivity index (χ3n) is 11.2. The van der Waals surface area contributed by atoms with Gasteiger partial charge in [0.25, 0.3) is 0 Å². The first-order chi connectivity index (χ1) is 32.6. The summed E-state index contributed by atoms with van der Waals surface area (Å²) in [6, 6.07) is 41.2. The molecule has 0 unspecified atom stereocenters. The van der Waals surface area contributed by atoms with Crippen LogP contribution in [-0.4, -0.2) is 19.2 Å². The molecule has 0 heterocycles. The molecule has 0 aromatic heterocycles. The maximum Gasteiger partial charge on any atom is 0.302 e. The van der Waals surface area contributed by atoms with Gasteiger partial charge in [0.05, 0.1) is 41.0 Å². The van der Waals surface area contributed by atoms with Gasteiger partial charge in [-0.1, -0.05) is 193 Å².